The molecule has 0 aliphatic rings. The zero-order valence-electron chi connectivity index (χ0n) is 16.6. The second-order valence-corrected chi connectivity index (χ2v) is 8.21. The lowest BCUT2D eigenvalue weighted by atomic mass is 10.1. The summed E-state index contributed by atoms with van der Waals surface area (Å²) in [6.45, 7) is 1.66. The summed E-state index contributed by atoms with van der Waals surface area (Å²) in [5.41, 5.74) is 0.885. The monoisotopic (exact) mass is 452 g/mol. The first-order chi connectivity index (χ1) is 15.1. The number of nitrogens with two attached hydrogens (primary N) is 1. The highest BCUT2D eigenvalue weighted by atomic mass is 32.2. The van der Waals surface area contributed by atoms with Crippen molar-refractivity contribution in [2.45, 2.75) is 11.8 Å². The minimum Gasteiger partial charge on any atom is -0.457 e. The molecule has 0 atom stereocenters. The summed E-state index contributed by atoms with van der Waals surface area (Å²) < 4.78 is 28.3. The van der Waals surface area contributed by atoms with E-state index < -0.39 is 20.9 Å². The predicted molar refractivity (Wildman–Crippen MR) is 116 cm³/mol. The smallest absolute Gasteiger partial charge is 0.271 e. The normalized spacial score (nSPS) is 11.6. The molecule has 3 rings (SSSR count). The quantitative estimate of drug-likeness (QED) is 0.250. The van der Waals surface area contributed by atoms with E-state index in [2.05, 4.69) is 5.32 Å². The number of benzene rings is 2. The van der Waals surface area contributed by atoms with E-state index in [0.29, 0.717) is 16.9 Å². The third kappa shape index (κ3) is 5.07. The number of non-ortho nitro benzene ring substituents is 1. The van der Waals surface area contributed by atoms with Gasteiger partial charge in [0.15, 0.2) is 0 Å². The lowest BCUT2D eigenvalue weighted by molar-refractivity contribution is -0.384. The molecule has 32 heavy (non-hydrogen) atoms. The summed E-state index contributed by atoms with van der Waals surface area (Å²) in [4.78, 5) is 22.8. The van der Waals surface area contributed by atoms with Gasteiger partial charge in [0.05, 0.1) is 15.5 Å². The fourth-order valence-corrected chi connectivity index (χ4v) is 3.25. The topological polar surface area (TPSA) is 169 Å². The van der Waals surface area contributed by atoms with Gasteiger partial charge in [0.25, 0.3) is 11.6 Å². The summed E-state index contributed by atoms with van der Waals surface area (Å²) >= 11 is 0. The lowest BCUT2D eigenvalue weighted by Gasteiger charge is -2.07. The van der Waals surface area contributed by atoms with Crippen LogP contribution in [0.5, 0.6) is 0 Å². The molecule has 0 saturated heterocycles. The first-order valence-electron chi connectivity index (χ1n) is 9.00. The number of primary sulfonamides is 1. The Balaban J connectivity index is 1.82. The minimum atomic E-state index is -3.82. The van der Waals surface area contributed by atoms with Crippen molar-refractivity contribution in [3.8, 4) is 17.4 Å². The van der Waals surface area contributed by atoms with Crippen LogP contribution in [0.2, 0.25) is 0 Å². The van der Waals surface area contributed by atoms with Gasteiger partial charge in [-0.05, 0) is 48.9 Å². The standard InChI is InChI=1S/C21H16N4O6S/c1-13-2-5-16(25(27)28)11-19(13)24-21(26)15(12-22)10-17-6-9-20(31-17)14-3-7-18(8-4-14)32(23,29)30/h2-11H,1H3,(H,24,26)(H2,23,29,30)/b15-10+. The van der Waals surface area contributed by atoms with Crippen LogP contribution in [0.3, 0.4) is 0 Å². The van der Waals surface area contributed by atoms with Crippen molar-refractivity contribution in [2.24, 2.45) is 5.14 Å². The summed E-state index contributed by atoms with van der Waals surface area (Å²) in [7, 11) is -3.82. The fraction of sp³-hybridized carbons (Fsp3) is 0.0476. The van der Waals surface area contributed by atoms with Crippen LogP contribution in [0, 0.1) is 28.4 Å². The highest BCUT2D eigenvalue weighted by Gasteiger charge is 2.15. The molecule has 0 unspecified atom stereocenters. The molecule has 1 heterocycles. The molecular weight excluding hydrogens is 436 g/mol. The summed E-state index contributed by atoms with van der Waals surface area (Å²) in [6, 6.07) is 14.6. The lowest BCUT2D eigenvalue weighted by Crippen LogP contribution is -2.14. The van der Waals surface area contributed by atoms with Gasteiger partial charge in [0.1, 0.15) is 23.2 Å². The number of aryl methyl sites for hydroxylation is 1. The van der Waals surface area contributed by atoms with E-state index in [1.165, 1.54) is 54.6 Å². The van der Waals surface area contributed by atoms with Crippen molar-refractivity contribution in [1.82, 2.24) is 0 Å². The molecule has 2 aromatic carbocycles. The molecule has 0 aliphatic heterocycles. The van der Waals surface area contributed by atoms with Gasteiger partial charge in [-0.2, -0.15) is 5.26 Å². The third-order valence-corrected chi connectivity index (χ3v) is 5.36. The number of carbonyl (C=O) groups excluding carboxylic acids is 1. The van der Waals surface area contributed by atoms with Crippen molar-refractivity contribution in [3.63, 3.8) is 0 Å². The van der Waals surface area contributed by atoms with Crippen molar-refractivity contribution in [3.05, 3.63) is 81.6 Å². The zero-order chi connectivity index (χ0) is 23.5. The maximum Gasteiger partial charge on any atom is 0.271 e. The van der Waals surface area contributed by atoms with Crippen LogP contribution in [0.15, 0.2) is 69.5 Å². The Morgan fingerprint density at radius 1 is 1.19 bits per heavy atom. The molecule has 0 saturated carbocycles. The van der Waals surface area contributed by atoms with E-state index >= 15 is 0 Å². The first-order valence-corrected chi connectivity index (χ1v) is 10.5. The Bertz CT molecular complexity index is 1380. The number of amides is 1. The van der Waals surface area contributed by atoms with Gasteiger partial charge >= 0.3 is 0 Å². The molecule has 0 aliphatic carbocycles. The van der Waals surface area contributed by atoms with Crippen molar-refractivity contribution in [1.29, 1.82) is 5.26 Å². The maximum absolute atomic E-state index is 12.5. The molecular formula is C21H16N4O6S. The summed E-state index contributed by atoms with van der Waals surface area (Å²) in [5.74, 6) is -0.172. The first kappa shape index (κ1) is 22.4. The average Bonchev–Trinajstić information content (AvgIpc) is 3.21. The SMILES string of the molecule is Cc1ccc([N+](=O)[O-])cc1NC(=O)/C(C#N)=C/c1ccc(-c2ccc(S(N)(=O)=O)cc2)o1. The number of furan rings is 1. The molecule has 11 heteroatoms. The van der Waals surface area contributed by atoms with Crippen LogP contribution in [0.4, 0.5) is 11.4 Å². The Morgan fingerprint density at radius 2 is 1.88 bits per heavy atom. The largest absolute Gasteiger partial charge is 0.457 e. The van der Waals surface area contributed by atoms with Crippen molar-refractivity contribution < 1.29 is 22.6 Å². The third-order valence-electron chi connectivity index (χ3n) is 4.43. The summed E-state index contributed by atoms with van der Waals surface area (Å²) in [5, 5.41) is 27.9. The van der Waals surface area contributed by atoms with Crippen LogP contribution >= 0.6 is 0 Å². The molecule has 10 nitrogen and oxygen atoms in total. The molecule has 3 aromatic rings. The van der Waals surface area contributed by atoms with Gasteiger partial charge in [-0.15, -0.1) is 0 Å². The molecule has 0 spiro atoms. The van der Waals surface area contributed by atoms with E-state index in [1.54, 1.807) is 19.1 Å². The van der Waals surface area contributed by atoms with E-state index in [0.717, 1.165) is 0 Å². The number of anilines is 1. The van der Waals surface area contributed by atoms with E-state index in [-0.39, 0.29) is 27.6 Å². The van der Waals surface area contributed by atoms with Gasteiger partial charge in [-0.3, -0.25) is 14.9 Å². The van der Waals surface area contributed by atoms with Crippen molar-refractivity contribution in [2.75, 3.05) is 5.32 Å². The van der Waals surface area contributed by atoms with Gasteiger partial charge < -0.3 is 9.73 Å². The number of rotatable bonds is 6. The van der Waals surface area contributed by atoms with E-state index in [1.807, 2.05) is 0 Å². The van der Waals surface area contributed by atoms with Crippen LogP contribution in [0.1, 0.15) is 11.3 Å². The van der Waals surface area contributed by atoms with Gasteiger partial charge in [0.2, 0.25) is 10.0 Å². The second kappa shape index (κ2) is 8.84. The summed E-state index contributed by atoms with van der Waals surface area (Å²) in [6.07, 6.45) is 1.23. The maximum atomic E-state index is 12.5. The number of nitrogens with one attached hydrogen (secondary N) is 1. The molecule has 0 radical (unpaired) electrons. The van der Waals surface area contributed by atoms with E-state index in [4.69, 9.17) is 9.56 Å². The number of nitrogens with zero attached hydrogens (tertiary/aromatic N) is 2. The fourth-order valence-electron chi connectivity index (χ4n) is 2.73. The van der Waals surface area contributed by atoms with Gasteiger partial charge in [-0.25, -0.2) is 13.6 Å². The Hall–Kier alpha value is -4.27. The molecule has 3 N–H and O–H groups in total. The Kier molecular flexibility index (Phi) is 6.20. The average molecular weight is 452 g/mol. The molecule has 0 fully saturated rings. The van der Waals surface area contributed by atoms with Crippen LogP contribution in [-0.4, -0.2) is 19.2 Å². The number of carbonyl (C=O) groups is 1. The predicted octanol–water partition coefficient (Wildman–Crippen LogP) is 3.36. The van der Waals surface area contributed by atoms with Gasteiger partial charge in [0, 0.05) is 23.8 Å². The Labute approximate surface area is 182 Å². The number of nitriles is 1. The second-order valence-electron chi connectivity index (χ2n) is 6.65. The zero-order valence-corrected chi connectivity index (χ0v) is 17.4. The molecule has 1 aromatic heterocycles. The molecule has 162 valence electrons. The Morgan fingerprint density at radius 3 is 2.47 bits per heavy atom. The number of nitro groups is 1. The number of hydrogen-bond acceptors (Lipinski definition) is 7. The highest BCUT2D eigenvalue weighted by molar-refractivity contribution is 7.89. The van der Waals surface area contributed by atoms with Gasteiger partial charge in [-0.1, -0.05) is 6.07 Å². The molecule has 0 bridgehead atoms. The van der Waals surface area contributed by atoms with Crippen molar-refractivity contribution >= 4 is 33.4 Å². The van der Waals surface area contributed by atoms with Crippen LogP contribution < -0.4 is 10.5 Å². The number of nitro benzene ring substituents is 1. The van der Waals surface area contributed by atoms with Crippen LogP contribution in [-0.2, 0) is 14.8 Å². The number of sulfonamides is 1. The minimum absolute atomic E-state index is 0.0483. The highest BCUT2D eigenvalue weighted by Crippen LogP contribution is 2.26. The number of hydrogen-bond donors (Lipinski definition) is 2. The van der Waals surface area contributed by atoms with Crippen LogP contribution in [0.25, 0.3) is 17.4 Å². The molecule has 1 amide bonds. The van der Waals surface area contributed by atoms with E-state index in [9.17, 15) is 28.6 Å².